The van der Waals surface area contributed by atoms with Crippen molar-refractivity contribution in [2.24, 2.45) is 23.7 Å². The third kappa shape index (κ3) is 6.33. The number of Topliss-reactive ketones (excluding diaryl/α,β-unsaturated/α-hetero) is 1. The Morgan fingerprint density at radius 2 is 1.81 bits per heavy atom. The molecule has 10 nitrogen and oxygen atoms in total. The van der Waals surface area contributed by atoms with Crippen LogP contribution in [0, 0.1) is 30.6 Å². The molecule has 1 aromatic carbocycles. The zero-order valence-corrected chi connectivity index (χ0v) is 25.7. The Bertz CT molecular complexity index is 1390. The van der Waals surface area contributed by atoms with Gasteiger partial charge in [-0.2, -0.15) is 0 Å². The number of allylic oxidation sites excluding steroid dienone is 4. The van der Waals surface area contributed by atoms with Gasteiger partial charge in [-0.05, 0) is 33.3 Å². The number of aromatic hydroxyl groups is 2. The molecule has 234 valence electrons. The molecule has 5 N–H and O–H groups in total. The van der Waals surface area contributed by atoms with Gasteiger partial charge in [-0.3, -0.25) is 14.4 Å². The minimum Gasteiger partial charge on any atom is -0.508 e. The lowest BCUT2D eigenvalue weighted by Crippen LogP contribution is -2.52. The molecule has 0 radical (unpaired) electrons. The number of ketones is 2. The van der Waals surface area contributed by atoms with Crippen molar-refractivity contribution in [2.75, 3.05) is 0 Å². The van der Waals surface area contributed by atoms with Crippen LogP contribution in [0.5, 0.6) is 11.5 Å². The molecule has 43 heavy (non-hydrogen) atoms. The summed E-state index contributed by atoms with van der Waals surface area (Å²) in [5, 5.41) is 44.9. The average Bonchev–Trinajstić information content (AvgIpc) is 3.31. The molecule has 1 aromatic rings. The van der Waals surface area contributed by atoms with E-state index in [-0.39, 0.29) is 63.7 Å². The number of hydrogen-bond acceptors (Lipinski definition) is 9. The number of ether oxygens (including phenoxy) is 2. The Kier molecular flexibility index (Phi) is 9.37. The molecular weight excluding hydrogens is 554 g/mol. The molecule has 3 aliphatic rings. The normalized spacial score (nSPS) is 29.1. The van der Waals surface area contributed by atoms with E-state index in [2.05, 4.69) is 12.2 Å². The SMILES string of the molecule is CC(=CC=CC(C)C(O)C(C)C(O)C(C)C1OC2(C)CCC(O2)C1C)C(=O)NC1=CC(=O)c2cc(O)c(C)c(O)c2C1=O. The van der Waals surface area contributed by atoms with Crippen LogP contribution in [0.3, 0.4) is 0 Å². The van der Waals surface area contributed by atoms with Crippen molar-refractivity contribution in [3.8, 4) is 11.5 Å². The number of rotatable bonds is 9. The molecule has 1 amide bonds. The van der Waals surface area contributed by atoms with Gasteiger partial charge in [0.2, 0.25) is 5.78 Å². The number of hydrogen-bond donors (Lipinski definition) is 5. The van der Waals surface area contributed by atoms with Crippen molar-refractivity contribution in [3.63, 3.8) is 0 Å². The quantitative estimate of drug-likeness (QED) is 0.210. The number of phenols is 2. The average molecular weight is 598 g/mol. The van der Waals surface area contributed by atoms with Crippen LogP contribution in [-0.2, 0) is 14.3 Å². The molecular formula is C33H43NO9. The molecule has 4 rings (SSSR count). The van der Waals surface area contributed by atoms with Crippen LogP contribution in [0.25, 0.3) is 0 Å². The summed E-state index contributed by atoms with van der Waals surface area (Å²) in [5.41, 5.74) is -0.422. The van der Waals surface area contributed by atoms with Crippen LogP contribution in [0.2, 0.25) is 0 Å². The second-order valence-electron chi connectivity index (χ2n) is 12.6. The maximum atomic E-state index is 12.9. The molecule has 0 spiro atoms. The Balaban J connectivity index is 1.36. The first-order valence-corrected chi connectivity index (χ1v) is 14.8. The number of aliphatic hydroxyl groups excluding tert-OH is 2. The van der Waals surface area contributed by atoms with E-state index < -0.39 is 47.1 Å². The summed E-state index contributed by atoms with van der Waals surface area (Å²) in [5.74, 6) is -4.38. The summed E-state index contributed by atoms with van der Waals surface area (Å²) in [4.78, 5) is 38.3. The summed E-state index contributed by atoms with van der Waals surface area (Å²) in [6.07, 6.45) is 5.78. The van der Waals surface area contributed by atoms with Crippen molar-refractivity contribution >= 4 is 17.5 Å². The van der Waals surface area contributed by atoms with Gasteiger partial charge < -0.3 is 35.2 Å². The highest BCUT2D eigenvalue weighted by atomic mass is 16.7. The Morgan fingerprint density at radius 1 is 1.14 bits per heavy atom. The summed E-state index contributed by atoms with van der Waals surface area (Å²) in [6.45, 7) is 12.5. The lowest BCUT2D eigenvalue weighted by Gasteiger charge is -2.45. The van der Waals surface area contributed by atoms with Gasteiger partial charge in [0.05, 0.1) is 35.7 Å². The Labute approximate surface area is 252 Å². The van der Waals surface area contributed by atoms with Crippen molar-refractivity contribution in [2.45, 2.75) is 91.5 Å². The molecule has 2 bridgehead atoms. The summed E-state index contributed by atoms with van der Waals surface area (Å²) in [6, 6.07) is 1.12. The third-order valence-corrected chi connectivity index (χ3v) is 9.35. The second-order valence-corrected chi connectivity index (χ2v) is 12.6. The number of carbonyl (C=O) groups is 3. The highest BCUT2D eigenvalue weighted by molar-refractivity contribution is 6.26. The minimum absolute atomic E-state index is 0.0500. The zero-order valence-electron chi connectivity index (χ0n) is 25.7. The van der Waals surface area contributed by atoms with E-state index in [9.17, 15) is 34.8 Å². The second kappa shape index (κ2) is 12.4. The van der Waals surface area contributed by atoms with Gasteiger partial charge in [0, 0.05) is 52.9 Å². The van der Waals surface area contributed by atoms with Gasteiger partial charge >= 0.3 is 0 Å². The van der Waals surface area contributed by atoms with Gasteiger partial charge in [0.15, 0.2) is 11.6 Å². The predicted molar refractivity (Wildman–Crippen MR) is 158 cm³/mol. The lowest BCUT2D eigenvalue weighted by molar-refractivity contribution is -0.309. The highest BCUT2D eigenvalue weighted by Gasteiger charge is 2.51. The van der Waals surface area contributed by atoms with Crippen molar-refractivity contribution in [1.82, 2.24) is 5.32 Å². The molecule has 10 heteroatoms. The van der Waals surface area contributed by atoms with Gasteiger partial charge in [0.1, 0.15) is 11.5 Å². The van der Waals surface area contributed by atoms with Gasteiger partial charge in [-0.15, -0.1) is 0 Å². The van der Waals surface area contributed by atoms with E-state index in [0.29, 0.717) is 0 Å². The van der Waals surface area contributed by atoms with Crippen molar-refractivity contribution in [3.05, 3.63) is 58.3 Å². The van der Waals surface area contributed by atoms with Gasteiger partial charge in [-0.1, -0.05) is 45.9 Å². The molecule has 2 fully saturated rings. The van der Waals surface area contributed by atoms with Crippen LogP contribution < -0.4 is 5.32 Å². The maximum absolute atomic E-state index is 12.9. The smallest absolute Gasteiger partial charge is 0.251 e. The number of nitrogens with one attached hydrogen (secondary N) is 1. The van der Waals surface area contributed by atoms with Crippen molar-refractivity contribution < 1.29 is 44.3 Å². The van der Waals surface area contributed by atoms with E-state index in [1.807, 2.05) is 20.8 Å². The van der Waals surface area contributed by atoms with E-state index in [1.165, 1.54) is 19.9 Å². The first kappa shape index (κ1) is 32.6. The molecule has 0 saturated carbocycles. The number of phenolic OH excluding ortho intramolecular Hbond substituents is 2. The molecule has 2 heterocycles. The number of fused-ring (bicyclic) bond motifs is 3. The molecule has 9 unspecified atom stereocenters. The molecule has 2 saturated heterocycles. The van der Waals surface area contributed by atoms with Crippen LogP contribution >= 0.6 is 0 Å². The number of carbonyl (C=O) groups excluding carboxylic acids is 3. The zero-order chi connectivity index (χ0) is 32.0. The fraction of sp³-hybridized carbons (Fsp3) is 0.545. The van der Waals surface area contributed by atoms with Crippen LogP contribution in [0.1, 0.15) is 80.7 Å². The fourth-order valence-electron chi connectivity index (χ4n) is 6.31. The largest absolute Gasteiger partial charge is 0.508 e. The molecule has 1 aliphatic carbocycles. The predicted octanol–water partition coefficient (Wildman–Crippen LogP) is 3.85. The number of amides is 1. The fourth-order valence-corrected chi connectivity index (χ4v) is 6.31. The topological polar surface area (TPSA) is 163 Å². The monoisotopic (exact) mass is 597 g/mol. The van der Waals surface area contributed by atoms with Gasteiger partial charge in [-0.25, -0.2) is 0 Å². The van der Waals surface area contributed by atoms with E-state index in [1.54, 1.807) is 19.1 Å². The summed E-state index contributed by atoms with van der Waals surface area (Å²) < 4.78 is 12.3. The molecule has 9 atom stereocenters. The number of benzene rings is 1. The molecule has 0 aromatic heterocycles. The highest BCUT2D eigenvalue weighted by Crippen LogP contribution is 2.45. The van der Waals surface area contributed by atoms with Gasteiger partial charge in [0.25, 0.3) is 5.91 Å². The minimum atomic E-state index is -0.870. The maximum Gasteiger partial charge on any atom is 0.251 e. The first-order chi connectivity index (χ1) is 20.1. The summed E-state index contributed by atoms with van der Waals surface area (Å²) >= 11 is 0. The van der Waals surface area contributed by atoms with Crippen LogP contribution in [0.4, 0.5) is 0 Å². The number of aliphatic hydroxyl groups is 2. The van der Waals surface area contributed by atoms with Crippen LogP contribution in [0.15, 0.2) is 41.6 Å². The van der Waals surface area contributed by atoms with Crippen LogP contribution in [-0.4, -0.2) is 68.1 Å². The summed E-state index contributed by atoms with van der Waals surface area (Å²) in [7, 11) is 0. The first-order valence-electron chi connectivity index (χ1n) is 14.8. The Hall–Kier alpha value is -3.31. The molecule has 2 aliphatic heterocycles. The van der Waals surface area contributed by atoms with E-state index in [0.717, 1.165) is 25.0 Å². The standard InChI is InChI=1S/C33H43NO9/c1-15(27(37)19(5)28(38)20(6)31-18(4)25-11-12-33(7,42-25)43-31)9-8-10-16(2)32(41)34-22-14-24(36)21-13-23(35)17(3)29(39)26(21)30(22)40/h8-10,13-15,18-20,25,27-28,31,35,37-39H,11-12H2,1-7H3,(H,34,41). The Morgan fingerprint density at radius 3 is 2.49 bits per heavy atom. The van der Waals surface area contributed by atoms with E-state index in [4.69, 9.17) is 9.47 Å². The lowest BCUT2D eigenvalue weighted by atomic mass is 9.78. The third-order valence-electron chi connectivity index (χ3n) is 9.35. The van der Waals surface area contributed by atoms with Crippen molar-refractivity contribution in [1.29, 1.82) is 0 Å². The van der Waals surface area contributed by atoms with E-state index >= 15 is 0 Å².